The summed E-state index contributed by atoms with van der Waals surface area (Å²) >= 11 is 6.75. The van der Waals surface area contributed by atoms with Crippen molar-refractivity contribution in [1.82, 2.24) is 10.2 Å². The molecule has 1 aliphatic carbocycles. The molecule has 2 N–H and O–H groups in total. The number of carbonyl (C=O) groups excluding carboxylic acids is 1. The number of aryl methyl sites for hydroxylation is 1. The van der Waals surface area contributed by atoms with Gasteiger partial charge >= 0.3 is 12.0 Å². The minimum atomic E-state index is -0.828. The van der Waals surface area contributed by atoms with Gasteiger partial charge in [0, 0.05) is 30.8 Å². The first-order chi connectivity index (χ1) is 16.2. The highest BCUT2D eigenvalue weighted by Crippen LogP contribution is 2.47. The Morgan fingerprint density at radius 1 is 1.23 bits per heavy atom. The number of benzene rings is 1. The van der Waals surface area contributed by atoms with Crippen LogP contribution in [0.5, 0.6) is 0 Å². The number of hydrogen-bond acceptors (Lipinski definition) is 3. The van der Waals surface area contributed by atoms with Gasteiger partial charge in [-0.15, -0.1) is 0 Å². The first kappa shape index (κ1) is 27.5. The molecule has 6 nitrogen and oxygen atoms in total. The van der Waals surface area contributed by atoms with Gasteiger partial charge in [-0.05, 0) is 72.6 Å². The van der Waals surface area contributed by atoms with Gasteiger partial charge in [0.15, 0.2) is 0 Å². The number of hydrogen-bond donors (Lipinski definition) is 2. The first-order valence-electron chi connectivity index (χ1n) is 12.5. The number of halogens is 1. The van der Waals surface area contributed by atoms with E-state index in [1.54, 1.807) is 12.0 Å². The molecule has 1 atom stereocenters. The predicted octanol–water partition coefficient (Wildman–Crippen LogP) is 6.51. The minimum Gasteiger partial charge on any atom is -0.481 e. The molecule has 194 valence electrons. The third kappa shape index (κ3) is 6.21. The zero-order valence-electron chi connectivity index (χ0n) is 22.2. The van der Waals surface area contributed by atoms with E-state index in [9.17, 15) is 14.7 Å². The molecule has 3 rings (SSSR count). The molecule has 1 saturated carbocycles. The Labute approximate surface area is 215 Å². The number of ether oxygens (including phenoxy) is 1. The van der Waals surface area contributed by atoms with Gasteiger partial charge in [0.05, 0.1) is 11.6 Å². The minimum absolute atomic E-state index is 0.0516. The standard InChI is InChI=1S/C28H41ClN2O4/c1-26(2,3)12-10-18-8-9-19(14-22(18)29)28(6)23(27(4,5)13-11-24(32)33)17-31(25(34)30-28)20-15-21(16-20)35-7/h8-9,14,17,20-21H,10-13,15-16H2,1-7H3,(H,30,34)(H,32,33)/t20?,21?,28-/m0/s1. The van der Waals surface area contributed by atoms with Crippen molar-refractivity contribution in [3.63, 3.8) is 0 Å². The van der Waals surface area contributed by atoms with Gasteiger partial charge in [0.25, 0.3) is 0 Å². The number of amides is 2. The topological polar surface area (TPSA) is 78.9 Å². The van der Waals surface area contributed by atoms with Gasteiger partial charge in [-0.2, -0.15) is 0 Å². The Bertz CT molecular complexity index is 991. The van der Waals surface area contributed by atoms with E-state index in [4.69, 9.17) is 16.3 Å². The maximum atomic E-state index is 13.3. The normalized spacial score (nSPS) is 25.1. The van der Waals surface area contributed by atoms with Crippen LogP contribution in [-0.2, 0) is 21.5 Å². The lowest BCUT2D eigenvalue weighted by Gasteiger charge is -2.50. The number of carboxylic acid groups (broad SMARTS) is 1. The molecule has 0 spiro atoms. The molecule has 2 aliphatic rings. The zero-order chi connectivity index (χ0) is 26.2. The lowest BCUT2D eigenvalue weighted by Crippen LogP contribution is -2.60. The molecule has 1 heterocycles. The molecule has 1 aromatic carbocycles. The summed E-state index contributed by atoms with van der Waals surface area (Å²) in [5, 5.41) is 13.3. The SMILES string of the molecule is COC1CC(N2C=C(C(C)(C)CCC(=O)O)[C@](C)(c3ccc(CCC(C)(C)C)c(Cl)c3)NC2=O)C1. The first-order valence-corrected chi connectivity index (χ1v) is 12.9. The molecule has 1 aromatic rings. The summed E-state index contributed by atoms with van der Waals surface area (Å²) in [5.41, 5.74) is 1.89. The highest BCUT2D eigenvalue weighted by molar-refractivity contribution is 6.31. The van der Waals surface area contributed by atoms with Gasteiger partial charge in [0.1, 0.15) is 0 Å². The number of aliphatic carboxylic acids is 1. The van der Waals surface area contributed by atoms with Gasteiger partial charge in [-0.1, -0.05) is 58.4 Å². The smallest absolute Gasteiger partial charge is 0.322 e. The molecular formula is C28H41ClN2O4. The van der Waals surface area contributed by atoms with Crippen LogP contribution in [0.3, 0.4) is 0 Å². The molecule has 0 bridgehead atoms. The van der Waals surface area contributed by atoms with E-state index in [1.807, 2.05) is 39.1 Å². The van der Waals surface area contributed by atoms with Crippen molar-refractivity contribution in [3.8, 4) is 0 Å². The summed E-state index contributed by atoms with van der Waals surface area (Å²) in [7, 11) is 1.69. The van der Waals surface area contributed by atoms with E-state index in [0.717, 1.165) is 42.4 Å². The molecule has 0 aromatic heterocycles. The van der Waals surface area contributed by atoms with Gasteiger partial charge in [-0.3, -0.25) is 9.69 Å². The fourth-order valence-electron chi connectivity index (χ4n) is 5.11. The average molecular weight is 505 g/mol. The van der Waals surface area contributed by atoms with Crippen molar-refractivity contribution in [1.29, 1.82) is 0 Å². The molecule has 0 unspecified atom stereocenters. The molecule has 1 aliphatic heterocycles. The number of urea groups is 1. The van der Waals surface area contributed by atoms with Crippen LogP contribution in [0, 0.1) is 10.8 Å². The van der Waals surface area contributed by atoms with Crippen LogP contribution in [0.25, 0.3) is 0 Å². The third-order valence-corrected chi connectivity index (χ3v) is 8.01. The quantitative estimate of drug-likeness (QED) is 0.401. The summed E-state index contributed by atoms with van der Waals surface area (Å²) in [6.45, 7) is 12.7. The number of carboxylic acids is 1. The van der Waals surface area contributed by atoms with Gasteiger partial charge in [0.2, 0.25) is 0 Å². The van der Waals surface area contributed by atoms with Crippen molar-refractivity contribution in [2.45, 2.75) is 97.8 Å². The highest BCUT2D eigenvalue weighted by atomic mass is 35.5. The van der Waals surface area contributed by atoms with E-state index in [0.29, 0.717) is 11.4 Å². The summed E-state index contributed by atoms with van der Waals surface area (Å²) < 4.78 is 5.42. The van der Waals surface area contributed by atoms with Crippen LogP contribution in [0.15, 0.2) is 30.0 Å². The van der Waals surface area contributed by atoms with Crippen LogP contribution in [0.4, 0.5) is 4.79 Å². The second-order valence-corrected chi connectivity index (χ2v) is 12.5. The maximum Gasteiger partial charge on any atom is 0.322 e. The van der Waals surface area contributed by atoms with Gasteiger partial charge < -0.3 is 15.2 Å². The van der Waals surface area contributed by atoms with Crippen molar-refractivity contribution >= 4 is 23.6 Å². The summed E-state index contributed by atoms with van der Waals surface area (Å²) in [6.07, 6.45) is 6.10. The maximum absolute atomic E-state index is 13.3. The van der Waals surface area contributed by atoms with Crippen LogP contribution < -0.4 is 5.32 Å². The molecule has 0 saturated heterocycles. The Morgan fingerprint density at radius 2 is 1.89 bits per heavy atom. The second-order valence-electron chi connectivity index (χ2n) is 12.1. The van der Waals surface area contributed by atoms with Crippen molar-refractivity contribution in [2.24, 2.45) is 10.8 Å². The molecule has 7 heteroatoms. The number of methoxy groups -OCH3 is 1. The van der Waals surface area contributed by atoms with Crippen molar-refractivity contribution < 1.29 is 19.4 Å². The Balaban J connectivity index is 1.99. The summed E-state index contributed by atoms with van der Waals surface area (Å²) in [4.78, 5) is 26.5. The number of nitrogens with zero attached hydrogens (tertiary/aromatic N) is 1. The fourth-order valence-corrected chi connectivity index (χ4v) is 5.38. The van der Waals surface area contributed by atoms with E-state index in [1.165, 1.54) is 0 Å². The van der Waals surface area contributed by atoms with Crippen LogP contribution in [0.1, 0.15) is 84.8 Å². The average Bonchev–Trinajstić information content (AvgIpc) is 2.71. The van der Waals surface area contributed by atoms with Crippen LogP contribution >= 0.6 is 11.6 Å². The summed E-state index contributed by atoms with van der Waals surface area (Å²) in [5.74, 6) is -0.828. The number of nitrogens with one attached hydrogen (secondary N) is 1. The molecule has 2 amide bonds. The summed E-state index contributed by atoms with van der Waals surface area (Å²) in [6, 6.07) is 5.98. The van der Waals surface area contributed by atoms with Crippen molar-refractivity contribution in [3.05, 3.63) is 46.1 Å². The van der Waals surface area contributed by atoms with Gasteiger partial charge in [-0.25, -0.2) is 4.79 Å². The van der Waals surface area contributed by atoms with E-state index in [2.05, 4.69) is 32.2 Å². The third-order valence-electron chi connectivity index (χ3n) is 7.66. The fraction of sp³-hybridized carbons (Fsp3) is 0.643. The van der Waals surface area contributed by atoms with Crippen LogP contribution in [-0.4, -0.2) is 41.3 Å². The molecule has 0 radical (unpaired) electrons. The Hall–Kier alpha value is -2.05. The predicted molar refractivity (Wildman–Crippen MR) is 140 cm³/mol. The zero-order valence-corrected chi connectivity index (χ0v) is 23.0. The van der Waals surface area contributed by atoms with Crippen LogP contribution in [0.2, 0.25) is 5.02 Å². The van der Waals surface area contributed by atoms with E-state index < -0.39 is 16.9 Å². The lowest BCUT2D eigenvalue weighted by molar-refractivity contribution is -0.137. The lowest BCUT2D eigenvalue weighted by atomic mass is 9.68. The number of carbonyl (C=O) groups is 2. The number of rotatable bonds is 9. The van der Waals surface area contributed by atoms with E-state index >= 15 is 0 Å². The Kier molecular flexibility index (Phi) is 7.97. The molecular weight excluding hydrogens is 464 g/mol. The largest absolute Gasteiger partial charge is 0.481 e. The van der Waals surface area contributed by atoms with Crippen molar-refractivity contribution in [2.75, 3.05) is 7.11 Å². The monoisotopic (exact) mass is 504 g/mol. The van der Waals surface area contributed by atoms with E-state index in [-0.39, 0.29) is 30.0 Å². The highest BCUT2D eigenvalue weighted by Gasteiger charge is 2.47. The second kappa shape index (κ2) is 10.1. The molecule has 1 fully saturated rings. The molecule has 35 heavy (non-hydrogen) atoms. The Morgan fingerprint density at radius 3 is 2.43 bits per heavy atom.